The fraction of sp³-hybridized carbons (Fsp3) is 0.238. The van der Waals surface area contributed by atoms with Crippen molar-refractivity contribution in [3.8, 4) is 11.8 Å². The van der Waals surface area contributed by atoms with E-state index in [2.05, 4.69) is 17.2 Å². The molecule has 2 aromatic carbocycles. The van der Waals surface area contributed by atoms with Gasteiger partial charge in [-0.2, -0.15) is 0 Å². The van der Waals surface area contributed by atoms with E-state index in [0.29, 0.717) is 5.56 Å². The third-order valence-electron chi connectivity index (χ3n) is 3.68. The number of esters is 1. The number of carbonyl (C=O) groups excluding carboxylic acids is 2. The van der Waals surface area contributed by atoms with Crippen molar-refractivity contribution in [2.75, 3.05) is 7.11 Å². The molecule has 1 amide bonds. The van der Waals surface area contributed by atoms with Crippen LogP contribution in [0.25, 0.3) is 0 Å². The van der Waals surface area contributed by atoms with Gasteiger partial charge in [-0.25, -0.2) is 4.79 Å². The molecule has 0 aliphatic rings. The van der Waals surface area contributed by atoms with Crippen molar-refractivity contribution in [3.63, 3.8) is 0 Å². The largest absolute Gasteiger partial charge is 0.467 e. The highest BCUT2D eigenvalue weighted by Gasteiger charge is 2.25. The van der Waals surface area contributed by atoms with E-state index in [-0.39, 0.29) is 11.8 Å². The van der Waals surface area contributed by atoms with Crippen LogP contribution in [-0.4, -0.2) is 25.0 Å². The van der Waals surface area contributed by atoms with E-state index < -0.39 is 12.0 Å². The summed E-state index contributed by atoms with van der Waals surface area (Å²) in [6, 6.07) is 16.0. The highest BCUT2D eigenvalue weighted by molar-refractivity contribution is 5.96. The first kappa shape index (κ1) is 18.3. The quantitative estimate of drug-likeness (QED) is 0.690. The topological polar surface area (TPSA) is 55.4 Å². The van der Waals surface area contributed by atoms with Crippen molar-refractivity contribution in [3.05, 3.63) is 71.3 Å². The first-order chi connectivity index (χ1) is 12.0. The van der Waals surface area contributed by atoms with Gasteiger partial charge in [0.1, 0.15) is 6.04 Å². The van der Waals surface area contributed by atoms with E-state index in [1.807, 2.05) is 44.2 Å². The van der Waals surface area contributed by atoms with Gasteiger partial charge in [0, 0.05) is 16.7 Å². The maximum Gasteiger partial charge on any atom is 0.328 e. The van der Waals surface area contributed by atoms with Gasteiger partial charge >= 0.3 is 5.97 Å². The number of benzene rings is 2. The summed E-state index contributed by atoms with van der Waals surface area (Å²) in [6.07, 6.45) is 0. The summed E-state index contributed by atoms with van der Waals surface area (Å²) < 4.78 is 4.73. The Morgan fingerprint density at radius 3 is 2.00 bits per heavy atom. The smallest absolute Gasteiger partial charge is 0.328 e. The van der Waals surface area contributed by atoms with Crippen molar-refractivity contribution in [2.45, 2.75) is 19.9 Å². The number of hydrogen-bond donors (Lipinski definition) is 1. The molecule has 2 rings (SSSR count). The molecule has 0 saturated heterocycles. The van der Waals surface area contributed by atoms with Crippen LogP contribution in [0.1, 0.15) is 35.3 Å². The predicted octanol–water partition coefficient (Wildman–Crippen LogP) is 3.01. The summed E-state index contributed by atoms with van der Waals surface area (Å²) in [7, 11) is 1.31. The zero-order valence-electron chi connectivity index (χ0n) is 14.6. The lowest BCUT2D eigenvalue weighted by atomic mass is 10.0. The number of methoxy groups -OCH3 is 1. The van der Waals surface area contributed by atoms with Crippen molar-refractivity contribution < 1.29 is 14.3 Å². The molecule has 0 heterocycles. The Hall–Kier alpha value is -3.06. The summed E-state index contributed by atoms with van der Waals surface area (Å²) in [5.74, 6) is 5.30. The third kappa shape index (κ3) is 5.22. The predicted molar refractivity (Wildman–Crippen MR) is 97.0 cm³/mol. The molecule has 4 heteroatoms. The Kier molecular flexibility index (Phi) is 6.36. The van der Waals surface area contributed by atoms with E-state index in [1.54, 1.807) is 24.3 Å². The van der Waals surface area contributed by atoms with Crippen LogP contribution < -0.4 is 5.32 Å². The molecule has 0 fully saturated rings. The maximum atomic E-state index is 12.3. The monoisotopic (exact) mass is 335 g/mol. The first-order valence-electron chi connectivity index (χ1n) is 8.07. The molecule has 0 aliphatic heterocycles. The van der Waals surface area contributed by atoms with Crippen molar-refractivity contribution in [1.29, 1.82) is 0 Å². The van der Waals surface area contributed by atoms with Crippen LogP contribution in [-0.2, 0) is 9.53 Å². The average molecular weight is 335 g/mol. The number of ether oxygens (including phenoxy) is 1. The van der Waals surface area contributed by atoms with Crippen LogP contribution in [0, 0.1) is 17.8 Å². The molecule has 0 saturated carbocycles. The van der Waals surface area contributed by atoms with Crippen LogP contribution in [0.5, 0.6) is 0 Å². The Morgan fingerprint density at radius 1 is 0.920 bits per heavy atom. The minimum absolute atomic E-state index is 0.0626. The summed E-state index contributed by atoms with van der Waals surface area (Å²) in [5, 5.41) is 2.71. The number of rotatable bonds is 4. The molecular formula is C21H21NO3. The van der Waals surface area contributed by atoms with Gasteiger partial charge in [0.15, 0.2) is 0 Å². The zero-order valence-corrected chi connectivity index (χ0v) is 14.6. The van der Waals surface area contributed by atoms with E-state index in [9.17, 15) is 9.59 Å². The zero-order chi connectivity index (χ0) is 18.2. The first-order valence-corrected chi connectivity index (χ1v) is 8.07. The van der Waals surface area contributed by atoms with Gasteiger partial charge in [0.2, 0.25) is 0 Å². The van der Waals surface area contributed by atoms with Gasteiger partial charge in [-0.15, -0.1) is 0 Å². The molecule has 0 bridgehead atoms. The van der Waals surface area contributed by atoms with Crippen LogP contribution in [0.15, 0.2) is 54.6 Å². The summed E-state index contributed by atoms with van der Waals surface area (Å²) in [5.41, 5.74) is 2.22. The molecule has 0 aromatic heterocycles. The molecular weight excluding hydrogens is 314 g/mol. The Balaban J connectivity index is 2.07. The second kappa shape index (κ2) is 8.70. The SMILES string of the molecule is COC(=O)[C@@H](NC(=O)c1ccc(C#Cc2ccccc2)cc1)C(C)C. The van der Waals surface area contributed by atoms with Gasteiger partial charge in [0.05, 0.1) is 7.11 Å². The van der Waals surface area contributed by atoms with Gasteiger partial charge in [-0.05, 0) is 42.3 Å². The fourth-order valence-electron chi connectivity index (χ4n) is 2.22. The van der Waals surface area contributed by atoms with E-state index in [1.165, 1.54) is 7.11 Å². The molecule has 0 unspecified atom stereocenters. The Morgan fingerprint density at radius 2 is 1.48 bits per heavy atom. The Labute approximate surface area is 148 Å². The molecule has 128 valence electrons. The van der Waals surface area contributed by atoms with Crippen LogP contribution in [0.4, 0.5) is 0 Å². The van der Waals surface area contributed by atoms with Crippen LogP contribution in [0.2, 0.25) is 0 Å². The lowest BCUT2D eigenvalue weighted by molar-refractivity contribution is -0.144. The molecule has 4 nitrogen and oxygen atoms in total. The van der Waals surface area contributed by atoms with E-state index in [4.69, 9.17) is 4.74 Å². The molecule has 1 atom stereocenters. The average Bonchev–Trinajstić information content (AvgIpc) is 2.64. The lowest BCUT2D eigenvalue weighted by Crippen LogP contribution is -2.45. The number of carbonyl (C=O) groups is 2. The summed E-state index contributed by atoms with van der Waals surface area (Å²) in [6.45, 7) is 3.70. The lowest BCUT2D eigenvalue weighted by Gasteiger charge is -2.19. The second-order valence-corrected chi connectivity index (χ2v) is 5.91. The molecule has 0 radical (unpaired) electrons. The summed E-state index contributed by atoms with van der Waals surface area (Å²) >= 11 is 0. The molecule has 25 heavy (non-hydrogen) atoms. The molecule has 2 aromatic rings. The maximum absolute atomic E-state index is 12.3. The minimum atomic E-state index is -0.671. The minimum Gasteiger partial charge on any atom is -0.467 e. The van der Waals surface area contributed by atoms with Gasteiger partial charge in [0.25, 0.3) is 5.91 Å². The third-order valence-corrected chi connectivity index (χ3v) is 3.68. The van der Waals surface area contributed by atoms with E-state index >= 15 is 0 Å². The molecule has 0 aliphatic carbocycles. The Bertz CT molecular complexity index is 783. The van der Waals surface area contributed by atoms with Crippen LogP contribution in [0.3, 0.4) is 0 Å². The second-order valence-electron chi connectivity index (χ2n) is 5.91. The number of nitrogens with one attached hydrogen (secondary N) is 1. The van der Waals surface area contributed by atoms with Gasteiger partial charge in [-0.1, -0.05) is 43.9 Å². The normalized spacial score (nSPS) is 11.2. The molecule has 0 spiro atoms. The van der Waals surface area contributed by atoms with Gasteiger partial charge in [-0.3, -0.25) is 4.79 Å². The number of hydrogen-bond acceptors (Lipinski definition) is 3. The van der Waals surface area contributed by atoms with Crippen molar-refractivity contribution in [1.82, 2.24) is 5.32 Å². The van der Waals surface area contributed by atoms with Crippen molar-refractivity contribution >= 4 is 11.9 Å². The standard InChI is InChI=1S/C21H21NO3/c1-15(2)19(21(24)25-3)22-20(23)18-13-11-17(12-14-18)10-9-16-7-5-4-6-8-16/h4-8,11-15,19H,1-3H3,(H,22,23)/t19-/m0/s1. The highest BCUT2D eigenvalue weighted by atomic mass is 16.5. The number of amides is 1. The van der Waals surface area contributed by atoms with Crippen molar-refractivity contribution in [2.24, 2.45) is 5.92 Å². The molecule has 1 N–H and O–H groups in total. The fourth-order valence-corrected chi connectivity index (χ4v) is 2.22. The summed E-state index contributed by atoms with van der Waals surface area (Å²) in [4.78, 5) is 24.1. The van der Waals surface area contributed by atoms with E-state index in [0.717, 1.165) is 11.1 Å². The van der Waals surface area contributed by atoms with Crippen LogP contribution >= 0.6 is 0 Å². The van der Waals surface area contributed by atoms with Gasteiger partial charge < -0.3 is 10.1 Å². The highest BCUT2D eigenvalue weighted by Crippen LogP contribution is 2.08.